The Morgan fingerprint density at radius 2 is 0.582 bits per heavy atom. The molecule has 67 heavy (non-hydrogen) atoms. The first-order valence-electron chi connectivity index (χ1n) is 25.2. The van der Waals surface area contributed by atoms with Crippen molar-refractivity contribution in [3.8, 4) is 0 Å². The molecule has 0 saturated carbocycles. The zero-order chi connectivity index (χ0) is 54.2. The van der Waals surface area contributed by atoms with Gasteiger partial charge in [-0.05, 0) is 122 Å². The van der Waals surface area contributed by atoms with Gasteiger partial charge in [-0.1, -0.05) is 111 Å². The van der Waals surface area contributed by atoms with Crippen molar-refractivity contribution < 1.29 is 105 Å². The molecule has 14 nitrogen and oxygen atoms in total. The van der Waals surface area contributed by atoms with Crippen LogP contribution in [0.2, 0.25) is 11.1 Å². The molecule has 0 aromatic heterocycles. The van der Waals surface area contributed by atoms with Crippen molar-refractivity contribution in [1.29, 1.82) is 0 Å². The van der Waals surface area contributed by atoms with E-state index < -0.39 is 46.4 Å². The number of hydrogen-bond acceptors (Lipinski definition) is 14. The molecule has 0 amide bonds. The van der Waals surface area contributed by atoms with Crippen LogP contribution in [0.5, 0.6) is 0 Å². The Kier molecular flexibility index (Phi) is 91.0. The van der Waals surface area contributed by atoms with Gasteiger partial charge in [0.05, 0.1) is 0 Å². The van der Waals surface area contributed by atoms with E-state index in [0.717, 1.165) is 5.54 Å². The Morgan fingerprint density at radius 3 is 0.761 bits per heavy atom. The molecular weight excluding hydrogens is 1300 g/mol. The van der Waals surface area contributed by atoms with Crippen LogP contribution in [0.15, 0.2) is 0 Å². The standard InChI is InChI=1S/C16H40O7Si3.C13H32O6Si2.C4H12OSi.6C2H6.2W.H2/c1-12(2)18-25(17-11,19-13(3)4)23-26(20-14(5)6,21-15(7)8)22-24-16(9)10;1-10(2)15-20(16-11(3)4)19-21(14-9,17-12(5)6)18-13(7)8;1-4(2)6-5-3;6*1-2;;;/h12-16H,24H2,1-11H3;10-13,20H,1-9H3;4H,6H2,1-3H3;6*1-2H3;;;1H. The van der Waals surface area contributed by atoms with Crippen LogP contribution in [-0.4, -0.2) is 126 Å². The third-order valence-corrected chi connectivity index (χ3v) is 19.9. The molecule has 0 aromatic rings. The smallest absolute Gasteiger partial charge is 0.427 e. The van der Waals surface area contributed by atoms with E-state index in [1.807, 2.05) is 194 Å². The van der Waals surface area contributed by atoms with Gasteiger partial charge < -0.3 is 61.0 Å². The zero-order valence-electron chi connectivity index (χ0n) is 50.8. The van der Waals surface area contributed by atoms with E-state index in [0.29, 0.717) is 5.54 Å². The zero-order valence-corrected chi connectivity index (χ0v) is 63.6. The maximum atomic E-state index is 6.35. The molecule has 0 saturated heterocycles. The first-order chi connectivity index (χ1) is 30.2. The van der Waals surface area contributed by atoms with E-state index in [2.05, 4.69) is 27.7 Å². The second-order valence-electron chi connectivity index (χ2n) is 15.3. The van der Waals surface area contributed by atoms with E-state index in [1.165, 1.54) is 14.2 Å². The third kappa shape index (κ3) is 68.1. The molecule has 0 N–H and O–H groups in total. The fourth-order valence-corrected chi connectivity index (χ4v) is 17.4. The summed E-state index contributed by atoms with van der Waals surface area (Å²) < 4.78 is 82.2. The van der Waals surface area contributed by atoms with Crippen molar-refractivity contribution >= 4 is 56.2 Å². The van der Waals surface area contributed by atoms with Crippen LogP contribution in [0.1, 0.15) is 223 Å². The topological polar surface area (TPSA) is 129 Å². The maximum absolute atomic E-state index is 6.35. The van der Waals surface area contributed by atoms with Gasteiger partial charge in [-0.15, -0.1) is 0 Å². The fraction of sp³-hybridized carbons (Fsp3) is 1.00. The largest absolute Gasteiger partial charge is 0.674 e. The van der Waals surface area contributed by atoms with Crippen LogP contribution in [0.4, 0.5) is 0 Å². The average molecular weight is 1420 g/mol. The minimum atomic E-state index is -3.53. The number of rotatable bonds is 27. The normalized spacial score (nSPS) is 11.4. The van der Waals surface area contributed by atoms with Gasteiger partial charge in [-0.3, -0.25) is 0 Å². The van der Waals surface area contributed by atoms with Gasteiger partial charge in [-0.2, -0.15) is 0 Å². The van der Waals surface area contributed by atoms with Crippen molar-refractivity contribution in [3.63, 3.8) is 0 Å². The molecule has 0 aromatic carbocycles. The van der Waals surface area contributed by atoms with Crippen molar-refractivity contribution in [3.05, 3.63) is 0 Å². The summed E-state index contributed by atoms with van der Waals surface area (Å²) >= 11 is 0. The summed E-state index contributed by atoms with van der Waals surface area (Å²) in [4.78, 5) is 0. The predicted octanol–water partition coefficient (Wildman–Crippen LogP) is 12.6. The summed E-state index contributed by atoms with van der Waals surface area (Å²) in [5.74, 6) is 0. The van der Waals surface area contributed by atoms with Crippen molar-refractivity contribution in [2.75, 3.05) is 21.3 Å². The average Bonchev–Trinajstić information content (AvgIpc) is 3.20. The van der Waals surface area contributed by atoms with E-state index in [4.69, 9.17) is 61.0 Å². The summed E-state index contributed by atoms with van der Waals surface area (Å²) in [5, 5.41) is 0. The summed E-state index contributed by atoms with van der Waals surface area (Å²) in [5.41, 5.74) is 1.24. The minimum Gasteiger partial charge on any atom is -0.427 e. The Morgan fingerprint density at radius 1 is 0.343 bits per heavy atom. The van der Waals surface area contributed by atoms with Gasteiger partial charge in [0.2, 0.25) is 0 Å². The molecule has 0 aliphatic carbocycles. The summed E-state index contributed by atoms with van der Waals surface area (Å²) in [6.45, 7) is 63.4. The monoisotopic (exact) mass is 1420 g/mol. The van der Waals surface area contributed by atoms with E-state index in [-0.39, 0.29) is 102 Å². The Labute approximate surface area is 460 Å². The second-order valence-corrected chi connectivity index (χ2v) is 29.1. The molecule has 0 spiro atoms. The van der Waals surface area contributed by atoms with Crippen molar-refractivity contribution in [2.24, 2.45) is 0 Å². The summed E-state index contributed by atoms with van der Waals surface area (Å²) in [6.07, 6.45) is -0.720. The molecule has 0 unspecified atom stereocenters. The van der Waals surface area contributed by atoms with Crippen LogP contribution in [-0.2, 0) is 103 Å². The Bertz CT molecular complexity index is 843. The summed E-state index contributed by atoms with van der Waals surface area (Å²) in [7, 11) is -8.99. The van der Waals surface area contributed by atoms with Crippen LogP contribution in [0, 0.1) is 0 Å². The van der Waals surface area contributed by atoms with Crippen LogP contribution >= 0.6 is 0 Å². The first-order valence-corrected chi connectivity index (χ1v) is 34.3. The predicted molar refractivity (Wildman–Crippen MR) is 296 cm³/mol. The SMILES string of the molecule is CC.CC.CC.CC.CC.CC.CO[SiH2]C(C)C.CO[Si](OC(C)C)(OC(C)C)O[SiH](OC(C)C)OC(C)C.CO[Si](OC(C)C)(OC(C)C)O[Si](O[SiH2]C(C)C)(OC(C)C)OC(C)C.[HH].[W].[W]. The molecule has 0 rings (SSSR count). The van der Waals surface area contributed by atoms with Crippen LogP contribution in [0.25, 0.3) is 0 Å². The maximum Gasteiger partial charge on any atom is 0.674 e. The van der Waals surface area contributed by atoms with Gasteiger partial charge in [0, 0.05) is 114 Å². The number of hydrogen-bond donors (Lipinski definition) is 0. The molecule has 0 heterocycles. The van der Waals surface area contributed by atoms with Gasteiger partial charge in [0.25, 0.3) is 0 Å². The van der Waals surface area contributed by atoms with Crippen molar-refractivity contribution in [2.45, 2.75) is 281 Å². The molecule has 0 fully saturated rings. The molecule has 0 radical (unpaired) electrons. The quantitative estimate of drug-likeness (QED) is 0.0723. The van der Waals surface area contributed by atoms with Crippen molar-refractivity contribution in [1.82, 2.24) is 0 Å². The van der Waals surface area contributed by atoms with Gasteiger partial charge in [0.1, 0.15) is 0 Å². The van der Waals surface area contributed by atoms with E-state index >= 15 is 0 Å². The van der Waals surface area contributed by atoms with Crippen LogP contribution < -0.4 is 0 Å². The minimum absolute atomic E-state index is 0. The Balaban J connectivity index is -0.0000000668. The van der Waals surface area contributed by atoms with E-state index in [1.54, 1.807) is 7.11 Å². The molecule has 0 aliphatic rings. The third-order valence-electron chi connectivity index (χ3n) is 5.13. The molecule has 22 heteroatoms. The molecule has 0 atom stereocenters. The molecule has 0 bridgehead atoms. The second kappa shape index (κ2) is 64.2. The Hall–Kier alpha value is 2.12. The van der Waals surface area contributed by atoms with E-state index in [9.17, 15) is 0 Å². The molecular formula is C45H122O14Si6W2. The molecule has 422 valence electrons. The fourth-order valence-electron chi connectivity index (χ4n) is 3.75. The first kappa shape index (κ1) is 94.9. The van der Waals surface area contributed by atoms with Gasteiger partial charge >= 0.3 is 36.7 Å². The van der Waals surface area contributed by atoms with Crippen LogP contribution in [0.3, 0.4) is 0 Å². The van der Waals surface area contributed by atoms with Gasteiger partial charge in [-0.25, -0.2) is 0 Å². The molecule has 0 aliphatic heterocycles. The summed E-state index contributed by atoms with van der Waals surface area (Å²) in [6, 6.07) is 0. The van der Waals surface area contributed by atoms with Gasteiger partial charge in [0.15, 0.2) is 19.5 Å².